The van der Waals surface area contributed by atoms with Crippen LogP contribution in [0.5, 0.6) is 0 Å². The van der Waals surface area contributed by atoms with Gasteiger partial charge in [-0.2, -0.15) is 5.10 Å². The highest BCUT2D eigenvalue weighted by molar-refractivity contribution is 6.05. The molecular formula is C15H17ClN4O3. The number of nitrogens with one attached hydrogen (secondary N) is 2. The molecule has 1 fully saturated rings. The Morgan fingerprint density at radius 2 is 2.13 bits per heavy atom. The Balaban J connectivity index is 0.00000192. The van der Waals surface area contributed by atoms with Crippen molar-refractivity contribution in [1.82, 2.24) is 15.1 Å². The van der Waals surface area contributed by atoms with Gasteiger partial charge in [-0.25, -0.2) is 0 Å². The Labute approximate surface area is 138 Å². The molecule has 1 saturated heterocycles. The monoisotopic (exact) mass is 336 g/mol. The summed E-state index contributed by atoms with van der Waals surface area (Å²) in [6, 6.07) is 5.47. The molecule has 0 spiro atoms. The lowest BCUT2D eigenvalue weighted by atomic mass is 9.92. The molecule has 0 bridgehead atoms. The molecule has 0 aliphatic carbocycles. The molecule has 2 N–H and O–H groups in total. The lowest BCUT2D eigenvalue weighted by Crippen LogP contribution is -2.39. The van der Waals surface area contributed by atoms with E-state index in [0.717, 1.165) is 10.9 Å². The minimum absolute atomic E-state index is 0. The summed E-state index contributed by atoms with van der Waals surface area (Å²) >= 11 is 0. The lowest BCUT2D eigenvalue weighted by Gasteiger charge is -2.19. The van der Waals surface area contributed by atoms with Crippen molar-refractivity contribution in [2.75, 3.05) is 5.32 Å². The lowest BCUT2D eigenvalue weighted by molar-refractivity contribution is -0.134. The first-order valence-electron chi connectivity index (χ1n) is 7.04. The zero-order valence-corrected chi connectivity index (χ0v) is 13.6. The summed E-state index contributed by atoms with van der Waals surface area (Å²) in [5.41, 5.74) is 2.05. The van der Waals surface area contributed by atoms with E-state index in [-0.39, 0.29) is 30.1 Å². The van der Waals surface area contributed by atoms with Crippen LogP contribution in [0, 0.1) is 0 Å². The number of fused-ring (bicyclic) bond motifs is 1. The molecule has 7 nitrogen and oxygen atoms in total. The van der Waals surface area contributed by atoms with Gasteiger partial charge in [-0.3, -0.25) is 24.4 Å². The van der Waals surface area contributed by atoms with Crippen LogP contribution in [0.1, 0.15) is 31.4 Å². The van der Waals surface area contributed by atoms with E-state index in [0.29, 0.717) is 24.2 Å². The molecule has 1 unspecified atom stereocenters. The molecule has 2 heterocycles. The molecule has 1 aromatic carbocycles. The SMILES string of the molecule is CC(=O)Nc1cccc2c(C3CCC(=O)NC3=O)nn(C)c12.Cl. The number of rotatable bonds is 2. The summed E-state index contributed by atoms with van der Waals surface area (Å²) in [6.45, 7) is 1.44. The maximum absolute atomic E-state index is 12.1. The van der Waals surface area contributed by atoms with E-state index in [9.17, 15) is 14.4 Å². The molecule has 3 rings (SSSR count). The Bertz CT molecular complexity index is 799. The fraction of sp³-hybridized carbons (Fsp3) is 0.333. The van der Waals surface area contributed by atoms with E-state index in [1.165, 1.54) is 6.92 Å². The van der Waals surface area contributed by atoms with Crippen LogP contribution >= 0.6 is 12.4 Å². The number of piperidine rings is 1. The van der Waals surface area contributed by atoms with Gasteiger partial charge in [0.25, 0.3) is 0 Å². The van der Waals surface area contributed by atoms with Gasteiger partial charge in [-0.15, -0.1) is 12.4 Å². The van der Waals surface area contributed by atoms with E-state index in [2.05, 4.69) is 15.7 Å². The minimum atomic E-state index is -0.450. The third kappa shape index (κ3) is 3.05. The standard InChI is InChI=1S/C15H16N4O3.ClH/c1-8(20)16-11-5-3-4-9-13(18-19(2)14(9)11)10-6-7-12(21)17-15(10)22;/h3-5,10H,6-7H2,1-2H3,(H,16,20)(H,17,21,22);1H. The molecular weight excluding hydrogens is 320 g/mol. The van der Waals surface area contributed by atoms with Crippen LogP contribution in [-0.2, 0) is 21.4 Å². The van der Waals surface area contributed by atoms with Gasteiger partial charge in [0.15, 0.2) is 0 Å². The van der Waals surface area contributed by atoms with E-state index in [1.807, 2.05) is 12.1 Å². The summed E-state index contributed by atoms with van der Waals surface area (Å²) in [6.07, 6.45) is 0.751. The highest BCUT2D eigenvalue weighted by atomic mass is 35.5. The molecule has 0 saturated carbocycles. The number of benzene rings is 1. The Morgan fingerprint density at radius 1 is 1.39 bits per heavy atom. The smallest absolute Gasteiger partial charge is 0.235 e. The van der Waals surface area contributed by atoms with Crippen LogP contribution in [0.2, 0.25) is 0 Å². The zero-order chi connectivity index (χ0) is 15.9. The Morgan fingerprint density at radius 3 is 2.78 bits per heavy atom. The third-order valence-corrected chi connectivity index (χ3v) is 3.77. The number of halogens is 1. The number of amides is 3. The first kappa shape index (κ1) is 17.0. The Kier molecular flexibility index (Phi) is 4.70. The predicted octanol–water partition coefficient (Wildman–Crippen LogP) is 1.47. The fourth-order valence-electron chi connectivity index (χ4n) is 2.87. The molecule has 1 aromatic heterocycles. The van der Waals surface area contributed by atoms with Crippen molar-refractivity contribution in [3.63, 3.8) is 0 Å². The highest BCUT2D eigenvalue weighted by Gasteiger charge is 2.31. The summed E-state index contributed by atoms with van der Waals surface area (Å²) in [4.78, 5) is 34.7. The van der Waals surface area contributed by atoms with Crippen LogP contribution in [0.15, 0.2) is 18.2 Å². The van der Waals surface area contributed by atoms with Crippen LogP contribution in [0.3, 0.4) is 0 Å². The van der Waals surface area contributed by atoms with Crippen molar-refractivity contribution in [1.29, 1.82) is 0 Å². The topological polar surface area (TPSA) is 93.1 Å². The summed E-state index contributed by atoms with van der Waals surface area (Å²) < 4.78 is 1.65. The summed E-state index contributed by atoms with van der Waals surface area (Å²) in [5.74, 6) is -1.19. The molecule has 1 aliphatic rings. The second-order valence-electron chi connectivity index (χ2n) is 5.40. The van der Waals surface area contributed by atoms with E-state index >= 15 is 0 Å². The Hall–Kier alpha value is -2.41. The predicted molar refractivity (Wildman–Crippen MR) is 87.4 cm³/mol. The summed E-state index contributed by atoms with van der Waals surface area (Å²) in [5, 5.41) is 10.4. The third-order valence-electron chi connectivity index (χ3n) is 3.77. The molecule has 23 heavy (non-hydrogen) atoms. The van der Waals surface area contributed by atoms with Crippen molar-refractivity contribution in [3.05, 3.63) is 23.9 Å². The van der Waals surface area contributed by atoms with Crippen LogP contribution < -0.4 is 10.6 Å². The van der Waals surface area contributed by atoms with Gasteiger partial charge in [0.1, 0.15) is 0 Å². The van der Waals surface area contributed by atoms with Crippen LogP contribution in [-0.4, -0.2) is 27.5 Å². The number of aryl methyl sites for hydroxylation is 1. The minimum Gasteiger partial charge on any atom is -0.324 e. The number of anilines is 1. The second kappa shape index (κ2) is 6.37. The molecule has 2 aromatic rings. The zero-order valence-electron chi connectivity index (χ0n) is 12.8. The quantitative estimate of drug-likeness (QED) is 0.812. The van der Waals surface area contributed by atoms with Gasteiger partial charge >= 0.3 is 0 Å². The number of hydrogen-bond donors (Lipinski definition) is 2. The second-order valence-corrected chi connectivity index (χ2v) is 5.40. The number of imide groups is 1. The van der Waals surface area contributed by atoms with Crippen molar-refractivity contribution < 1.29 is 14.4 Å². The van der Waals surface area contributed by atoms with Crippen molar-refractivity contribution >= 4 is 46.7 Å². The van der Waals surface area contributed by atoms with Crippen molar-refractivity contribution in [2.24, 2.45) is 7.05 Å². The number of carbonyl (C=O) groups excluding carboxylic acids is 3. The maximum Gasteiger partial charge on any atom is 0.235 e. The van der Waals surface area contributed by atoms with Gasteiger partial charge in [0, 0.05) is 25.8 Å². The molecule has 1 atom stereocenters. The van der Waals surface area contributed by atoms with E-state index < -0.39 is 5.92 Å². The van der Waals surface area contributed by atoms with Gasteiger partial charge in [-0.05, 0) is 12.5 Å². The molecule has 0 radical (unpaired) electrons. The largest absolute Gasteiger partial charge is 0.324 e. The van der Waals surface area contributed by atoms with Gasteiger partial charge < -0.3 is 5.32 Å². The number of para-hydroxylation sites is 1. The van der Waals surface area contributed by atoms with Crippen molar-refractivity contribution in [3.8, 4) is 0 Å². The molecule has 122 valence electrons. The number of nitrogens with zero attached hydrogens (tertiary/aromatic N) is 2. The molecule has 8 heteroatoms. The fourth-order valence-corrected chi connectivity index (χ4v) is 2.87. The van der Waals surface area contributed by atoms with Crippen LogP contribution in [0.25, 0.3) is 10.9 Å². The number of carbonyl (C=O) groups is 3. The number of aromatic nitrogens is 2. The molecule has 3 amide bonds. The first-order valence-corrected chi connectivity index (χ1v) is 7.04. The maximum atomic E-state index is 12.1. The van der Waals surface area contributed by atoms with E-state index in [4.69, 9.17) is 0 Å². The molecule has 1 aliphatic heterocycles. The van der Waals surface area contributed by atoms with Gasteiger partial charge in [0.05, 0.1) is 22.8 Å². The average Bonchev–Trinajstić information content (AvgIpc) is 2.76. The average molecular weight is 337 g/mol. The highest BCUT2D eigenvalue weighted by Crippen LogP contribution is 2.33. The number of hydrogen-bond acceptors (Lipinski definition) is 4. The normalized spacial score (nSPS) is 17.6. The van der Waals surface area contributed by atoms with Crippen molar-refractivity contribution in [2.45, 2.75) is 25.7 Å². The van der Waals surface area contributed by atoms with Gasteiger partial charge in [0.2, 0.25) is 17.7 Å². The van der Waals surface area contributed by atoms with E-state index in [1.54, 1.807) is 17.8 Å². The van der Waals surface area contributed by atoms with Crippen LogP contribution in [0.4, 0.5) is 5.69 Å². The summed E-state index contributed by atoms with van der Waals surface area (Å²) in [7, 11) is 1.77. The van der Waals surface area contributed by atoms with Gasteiger partial charge in [-0.1, -0.05) is 12.1 Å². The first-order chi connectivity index (χ1) is 10.5.